The Morgan fingerprint density at radius 2 is 1.64 bits per heavy atom. The Hall–Kier alpha value is -3.74. The SMILES string of the molecule is Cc1cn(-c2ccccc2)c(C(=O)NC(Cc2ccccc2)C(=O)C(N)=O)n1. The zero-order valence-corrected chi connectivity index (χ0v) is 15.3. The number of amides is 2. The number of nitrogens with one attached hydrogen (secondary N) is 1. The topological polar surface area (TPSA) is 107 Å². The van der Waals surface area contributed by atoms with Crippen LogP contribution >= 0.6 is 0 Å². The Morgan fingerprint density at radius 3 is 2.25 bits per heavy atom. The molecule has 0 bridgehead atoms. The number of Topliss-reactive ketones (excluding diaryl/α,β-unsaturated/α-hetero) is 1. The van der Waals surface area contributed by atoms with Crippen LogP contribution in [-0.2, 0) is 16.0 Å². The first-order chi connectivity index (χ1) is 13.5. The van der Waals surface area contributed by atoms with Crippen LogP contribution in [0.1, 0.15) is 21.9 Å². The van der Waals surface area contributed by atoms with Gasteiger partial charge in [-0.25, -0.2) is 4.98 Å². The molecule has 3 rings (SSSR count). The normalized spacial score (nSPS) is 11.6. The molecule has 1 aromatic heterocycles. The van der Waals surface area contributed by atoms with Gasteiger partial charge in [-0.3, -0.25) is 19.0 Å². The number of ketones is 1. The van der Waals surface area contributed by atoms with Crippen molar-refractivity contribution in [3.63, 3.8) is 0 Å². The molecule has 0 fully saturated rings. The Bertz CT molecular complexity index is 997. The zero-order chi connectivity index (χ0) is 20.1. The molecule has 0 aliphatic rings. The third-order valence-electron chi connectivity index (χ3n) is 4.21. The second-order valence-electron chi connectivity index (χ2n) is 6.36. The van der Waals surface area contributed by atoms with E-state index < -0.39 is 23.6 Å². The molecule has 28 heavy (non-hydrogen) atoms. The van der Waals surface area contributed by atoms with Crippen molar-refractivity contribution in [2.45, 2.75) is 19.4 Å². The molecule has 1 heterocycles. The maximum atomic E-state index is 12.9. The number of aryl methyl sites for hydroxylation is 1. The van der Waals surface area contributed by atoms with Crippen LogP contribution in [-0.4, -0.2) is 33.2 Å². The highest BCUT2D eigenvalue weighted by molar-refractivity contribution is 6.38. The highest BCUT2D eigenvalue weighted by Crippen LogP contribution is 2.13. The number of rotatable bonds is 7. The molecule has 1 atom stereocenters. The summed E-state index contributed by atoms with van der Waals surface area (Å²) in [6, 6.07) is 17.3. The number of aromatic nitrogens is 2. The standard InChI is InChI=1S/C21H20N4O3/c1-14-13-25(16-10-6-3-7-11-16)20(23-14)21(28)24-17(18(26)19(22)27)12-15-8-4-2-5-9-15/h2-11,13,17H,12H2,1H3,(H2,22,27)(H,24,28). The summed E-state index contributed by atoms with van der Waals surface area (Å²) >= 11 is 0. The second kappa shape index (κ2) is 8.30. The average molecular weight is 376 g/mol. The Labute approximate surface area is 162 Å². The number of carbonyl (C=O) groups is 3. The Balaban J connectivity index is 1.88. The first kappa shape index (κ1) is 19.0. The van der Waals surface area contributed by atoms with Crippen molar-refractivity contribution >= 4 is 17.6 Å². The molecule has 3 aromatic rings. The molecule has 7 heteroatoms. The number of carbonyl (C=O) groups excluding carboxylic acids is 3. The summed E-state index contributed by atoms with van der Waals surface area (Å²) < 4.78 is 1.64. The van der Waals surface area contributed by atoms with Gasteiger partial charge in [-0.2, -0.15) is 0 Å². The van der Waals surface area contributed by atoms with Gasteiger partial charge in [-0.15, -0.1) is 0 Å². The lowest BCUT2D eigenvalue weighted by Gasteiger charge is -2.16. The molecular weight excluding hydrogens is 356 g/mol. The van der Waals surface area contributed by atoms with Gasteiger partial charge in [-0.1, -0.05) is 48.5 Å². The molecule has 2 amide bonds. The lowest BCUT2D eigenvalue weighted by atomic mass is 10.0. The van der Waals surface area contributed by atoms with Crippen molar-refractivity contribution in [2.24, 2.45) is 5.73 Å². The molecule has 0 aliphatic carbocycles. The number of nitrogens with two attached hydrogens (primary N) is 1. The third kappa shape index (κ3) is 4.32. The van der Waals surface area contributed by atoms with Gasteiger partial charge >= 0.3 is 0 Å². The fraction of sp³-hybridized carbons (Fsp3) is 0.143. The number of primary amides is 1. The molecular formula is C21H20N4O3. The van der Waals surface area contributed by atoms with Gasteiger partial charge in [-0.05, 0) is 24.6 Å². The van der Waals surface area contributed by atoms with Crippen LogP contribution in [0.25, 0.3) is 5.69 Å². The molecule has 1 unspecified atom stereocenters. The maximum Gasteiger partial charge on any atom is 0.288 e. The fourth-order valence-electron chi connectivity index (χ4n) is 2.90. The van der Waals surface area contributed by atoms with Gasteiger partial charge in [0.05, 0.1) is 5.69 Å². The predicted octanol–water partition coefficient (Wildman–Crippen LogP) is 1.58. The zero-order valence-electron chi connectivity index (χ0n) is 15.3. The van der Waals surface area contributed by atoms with Crippen LogP contribution in [0.15, 0.2) is 66.9 Å². The Kier molecular flexibility index (Phi) is 5.64. The van der Waals surface area contributed by atoms with Crippen molar-refractivity contribution in [2.75, 3.05) is 0 Å². The summed E-state index contributed by atoms with van der Waals surface area (Å²) in [5.41, 5.74) is 7.37. The molecule has 0 saturated heterocycles. The molecule has 3 N–H and O–H groups in total. The van der Waals surface area contributed by atoms with Crippen molar-refractivity contribution < 1.29 is 14.4 Å². The molecule has 0 spiro atoms. The lowest BCUT2D eigenvalue weighted by Crippen LogP contribution is -2.47. The largest absolute Gasteiger partial charge is 0.363 e. The van der Waals surface area contributed by atoms with E-state index in [1.165, 1.54) is 0 Å². The van der Waals surface area contributed by atoms with Crippen molar-refractivity contribution in [3.8, 4) is 5.69 Å². The summed E-state index contributed by atoms with van der Waals surface area (Å²) in [4.78, 5) is 40.9. The van der Waals surface area contributed by atoms with E-state index in [0.29, 0.717) is 5.69 Å². The monoisotopic (exact) mass is 376 g/mol. The van der Waals surface area contributed by atoms with Gasteiger partial charge in [0, 0.05) is 18.3 Å². The van der Waals surface area contributed by atoms with E-state index >= 15 is 0 Å². The van der Waals surface area contributed by atoms with E-state index in [0.717, 1.165) is 11.3 Å². The van der Waals surface area contributed by atoms with Gasteiger partial charge in [0.15, 0.2) is 0 Å². The molecule has 0 saturated carbocycles. The number of imidazole rings is 1. The van der Waals surface area contributed by atoms with Crippen LogP contribution in [0.5, 0.6) is 0 Å². The second-order valence-corrected chi connectivity index (χ2v) is 6.36. The van der Waals surface area contributed by atoms with E-state index in [2.05, 4.69) is 10.3 Å². The van der Waals surface area contributed by atoms with E-state index in [1.54, 1.807) is 17.7 Å². The summed E-state index contributed by atoms with van der Waals surface area (Å²) in [5, 5.41) is 2.61. The minimum absolute atomic E-state index is 0.124. The number of hydrogen-bond acceptors (Lipinski definition) is 4. The van der Waals surface area contributed by atoms with Crippen LogP contribution in [0.4, 0.5) is 0 Å². The number of para-hydroxylation sites is 1. The van der Waals surface area contributed by atoms with Crippen molar-refractivity contribution in [1.82, 2.24) is 14.9 Å². The third-order valence-corrected chi connectivity index (χ3v) is 4.21. The smallest absolute Gasteiger partial charge is 0.288 e. The van der Waals surface area contributed by atoms with Gasteiger partial charge < -0.3 is 11.1 Å². The first-order valence-electron chi connectivity index (χ1n) is 8.75. The molecule has 142 valence electrons. The van der Waals surface area contributed by atoms with E-state index in [1.807, 2.05) is 60.7 Å². The number of benzene rings is 2. The fourth-order valence-corrected chi connectivity index (χ4v) is 2.90. The predicted molar refractivity (Wildman–Crippen MR) is 104 cm³/mol. The van der Waals surface area contributed by atoms with Gasteiger partial charge in [0.2, 0.25) is 11.6 Å². The Morgan fingerprint density at radius 1 is 1.04 bits per heavy atom. The van der Waals surface area contributed by atoms with Gasteiger partial charge in [0.25, 0.3) is 11.8 Å². The molecule has 7 nitrogen and oxygen atoms in total. The van der Waals surface area contributed by atoms with E-state index in [4.69, 9.17) is 5.73 Å². The minimum Gasteiger partial charge on any atom is -0.363 e. The lowest BCUT2D eigenvalue weighted by molar-refractivity contribution is -0.137. The number of nitrogens with zero attached hydrogens (tertiary/aromatic N) is 2. The average Bonchev–Trinajstić information content (AvgIpc) is 3.10. The van der Waals surface area contributed by atoms with Crippen molar-refractivity contribution in [1.29, 1.82) is 0 Å². The van der Waals surface area contributed by atoms with Crippen LogP contribution in [0.2, 0.25) is 0 Å². The summed E-state index contributed by atoms with van der Waals surface area (Å²) in [6.45, 7) is 1.77. The van der Waals surface area contributed by atoms with E-state index in [-0.39, 0.29) is 12.2 Å². The van der Waals surface area contributed by atoms with Crippen LogP contribution in [0, 0.1) is 6.92 Å². The molecule has 0 radical (unpaired) electrons. The highest BCUT2D eigenvalue weighted by Gasteiger charge is 2.27. The molecule has 0 aliphatic heterocycles. The summed E-state index contributed by atoms with van der Waals surface area (Å²) in [5.74, 6) is -2.39. The van der Waals surface area contributed by atoms with Crippen molar-refractivity contribution in [3.05, 3.63) is 83.9 Å². The minimum atomic E-state index is -1.09. The summed E-state index contributed by atoms with van der Waals surface area (Å²) in [6.07, 6.45) is 1.88. The van der Waals surface area contributed by atoms with E-state index in [9.17, 15) is 14.4 Å². The molecule has 2 aromatic carbocycles. The quantitative estimate of drug-likeness (QED) is 0.610. The van der Waals surface area contributed by atoms with Gasteiger partial charge in [0.1, 0.15) is 6.04 Å². The maximum absolute atomic E-state index is 12.9. The van der Waals surface area contributed by atoms with Crippen LogP contribution in [0.3, 0.4) is 0 Å². The highest BCUT2D eigenvalue weighted by atomic mass is 16.2. The van der Waals surface area contributed by atoms with Crippen LogP contribution < -0.4 is 11.1 Å². The first-order valence-corrected chi connectivity index (χ1v) is 8.75. The summed E-state index contributed by atoms with van der Waals surface area (Å²) in [7, 11) is 0. The number of hydrogen-bond donors (Lipinski definition) is 2.